The molecule has 1 saturated heterocycles. The molecule has 1 saturated carbocycles. The van der Waals surface area contributed by atoms with Gasteiger partial charge in [-0.05, 0) is 44.9 Å². The van der Waals surface area contributed by atoms with Crippen LogP contribution in [-0.4, -0.2) is 42.3 Å². The normalized spacial score (nSPS) is 40.2. The highest BCUT2D eigenvalue weighted by atomic mass is 16.5. The van der Waals surface area contributed by atoms with Crippen LogP contribution in [0, 0.1) is 11.8 Å². The lowest BCUT2D eigenvalue weighted by atomic mass is 9.72. The third-order valence-corrected chi connectivity index (χ3v) is 5.20. The van der Waals surface area contributed by atoms with E-state index in [0.29, 0.717) is 12.2 Å². The van der Waals surface area contributed by atoms with E-state index in [1.54, 1.807) is 0 Å². The van der Waals surface area contributed by atoms with Crippen LogP contribution in [0.1, 0.15) is 59.8 Å². The van der Waals surface area contributed by atoms with E-state index in [1.165, 1.54) is 32.1 Å². The molecule has 3 heteroatoms. The number of hydrogen-bond donors (Lipinski definition) is 1. The standard InChI is InChI=1S/C17H34N2O/c1-13(2)8-16-6-5-7-17(9-16,12-18)19-10-14(3)20-15(4)11-19/h13-16H,5-12,18H2,1-4H3/t14-,15+,16?,17?. The van der Waals surface area contributed by atoms with E-state index < -0.39 is 0 Å². The minimum atomic E-state index is 0.240. The maximum absolute atomic E-state index is 6.27. The predicted octanol–water partition coefficient (Wildman–Crippen LogP) is 3.03. The molecule has 2 unspecified atom stereocenters. The van der Waals surface area contributed by atoms with Crippen LogP contribution in [0.15, 0.2) is 0 Å². The monoisotopic (exact) mass is 282 g/mol. The summed E-state index contributed by atoms with van der Waals surface area (Å²) >= 11 is 0. The molecule has 1 aliphatic heterocycles. The van der Waals surface area contributed by atoms with Gasteiger partial charge in [-0.2, -0.15) is 0 Å². The van der Waals surface area contributed by atoms with Crippen molar-refractivity contribution in [3.63, 3.8) is 0 Å². The van der Waals surface area contributed by atoms with Crippen molar-refractivity contribution in [2.24, 2.45) is 17.6 Å². The topological polar surface area (TPSA) is 38.5 Å². The number of nitrogens with zero attached hydrogens (tertiary/aromatic N) is 1. The smallest absolute Gasteiger partial charge is 0.0678 e. The van der Waals surface area contributed by atoms with Gasteiger partial charge in [-0.25, -0.2) is 0 Å². The Morgan fingerprint density at radius 1 is 1.25 bits per heavy atom. The van der Waals surface area contributed by atoms with Crippen molar-refractivity contribution in [2.75, 3.05) is 19.6 Å². The van der Waals surface area contributed by atoms with E-state index >= 15 is 0 Å². The zero-order valence-electron chi connectivity index (χ0n) is 13.9. The predicted molar refractivity (Wildman–Crippen MR) is 84.8 cm³/mol. The Balaban J connectivity index is 2.07. The van der Waals surface area contributed by atoms with Gasteiger partial charge in [0.1, 0.15) is 0 Å². The third kappa shape index (κ3) is 3.75. The minimum Gasteiger partial charge on any atom is -0.373 e. The Hall–Kier alpha value is -0.120. The lowest BCUT2D eigenvalue weighted by molar-refractivity contribution is -0.112. The Kier molecular flexibility index (Phi) is 5.49. The van der Waals surface area contributed by atoms with Crippen molar-refractivity contribution < 1.29 is 4.74 Å². The van der Waals surface area contributed by atoms with Gasteiger partial charge in [0, 0.05) is 25.2 Å². The molecule has 1 heterocycles. The molecule has 0 aromatic rings. The van der Waals surface area contributed by atoms with Crippen molar-refractivity contribution in [3.8, 4) is 0 Å². The second-order valence-electron chi connectivity index (χ2n) is 7.68. The van der Waals surface area contributed by atoms with Crippen LogP contribution in [0.25, 0.3) is 0 Å². The molecule has 0 bridgehead atoms. The van der Waals surface area contributed by atoms with Crippen molar-refractivity contribution in [1.29, 1.82) is 0 Å². The summed E-state index contributed by atoms with van der Waals surface area (Å²) in [5, 5.41) is 0. The van der Waals surface area contributed by atoms with Crippen LogP contribution in [0.3, 0.4) is 0 Å². The van der Waals surface area contributed by atoms with Gasteiger partial charge in [-0.3, -0.25) is 4.90 Å². The molecule has 2 fully saturated rings. The van der Waals surface area contributed by atoms with E-state index in [0.717, 1.165) is 31.5 Å². The summed E-state index contributed by atoms with van der Waals surface area (Å²) in [4.78, 5) is 2.66. The number of rotatable bonds is 4. The number of ether oxygens (including phenoxy) is 1. The molecule has 0 spiro atoms. The summed E-state index contributed by atoms with van der Waals surface area (Å²) < 4.78 is 5.91. The summed E-state index contributed by atoms with van der Waals surface area (Å²) in [7, 11) is 0. The lowest BCUT2D eigenvalue weighted by Crippen LogP contribution is -2.62. The molecule has 0 aromatic heterocycles. The van der Waals surface area contributed by atoms with Gasteiger partial charge < -0.3 is 10.5 Å². The molecule has 118 valence electrons. The Bertz CT molecular complexity index is 297. The molecule has 0 aromatic carbocycles. The van der Waals surface area contributed by atoms with Gasteiger partial charge in [0.05, 0.1) is 12.2 Å². The van der Waals surface area contributed by atoms with Crippen LogP contribution in [0.2, 0.25) is 0 Å². The number of nitrogens with two attached hydrogens (primary N) is 1. The quantitative estimate of drug-likeness (QED) is 0.861. The van der Waals surface area contributed by atoms with Gasteiger partial charge >= 0.3 is 0 Å². The van der Waals surface area contributed by atoms with Crippen LogP contribution in [-0.2, 0) is 4.74 Å². The first kappa shape index (κ1) is 16.3. The van der Waals surface area contributed by atoms with Crippen molar-refractivity contribution >= 4 is 0 Å². The summed E-state index contributed by atoms with van der Waals surface area (Å²) in [5.74, 6) is 1.66. The summed E-state index contributed by atoms with van der Waals surface area (Å²) in [6.45, 7) is 12.0. The Morgan fingerprint density at radius 2 is 1.90 bits per heavy atom. The third-order valence-electron chi connectivity index (χ3n) is 5.20. The van der Waals surface area contributed by atoms with E-state index in [4.69, 9.17) is 10.5 Å². The fourth-order valence-electron chi connectivity index (χ4n) is 4.50. The highest BCUT2D eigenvalue weighted by Gasteiger charge is 2.42. The zero-order chi connectivity index (χ0) is 14.8. The maximum atomic E-state index is 6.27. The lowest BCUT2D eigenvalue weighted by Gasteiger charge is -2.52. The molecule has 4 atom stereocenters. The fraction of sp³-hybridized carbons (Fsp3) is 1.00. The first-order valence-electron chi connectivity index (χ1n) is 8.56. The van der Waals surface area contributed by atoms with Crippen molar-refractivity contribution in [1.82, 2.24) is 4.90 Å². The van der Waals surface area contributed by atoms with Crippen LogP contribution < -0.4 is 5.73 Å². The van der Waals surface area contributed by atoms with Gasteiger partial charge in [0.2, 0.25) is 0 Å². The zero-order valence-corrected chi connectivity index (χ0v) is 13.9. The second-order valence-corrected chi connectivity index (χ2v) is 7.68. The van der Waals surface area contributed by atoms with E-state index in [9.17, 15) is 0 Å². The van der Waals surface area contributed by atoms with Gasteiger partial charge in [0.15, 0.2) is 0 Å². The van der Waals surface area contributed by atoms with Crippen molar-refractivity contribution in [3.05, 3.63) is 0 Å². The van der Waals surface area contributed by atoms with E-state index in [1.807, 2.05) is 0 Å². The summed E-state index contributed by atoms with van der Waals surface area (Å²) in [5.41, 5.74) is 6.51. The molecular weight excluding hydrogens is 248 g/mol. The molecule has 20 heavy (non-hydrogen) atoms. The molecule has 2 N–H and O–H groups in total. The molecule has 2 aliphatic rings. The first-order valence-corrected chi connectivity index (χ1v) is 8.56. The summed E-state index contributed by atoms with van der Waals surface area (Å²) in [6, 6.07) is 0. The average Bonchev–Trinajstić information content (AvgIpc) is 2.37. The number of morpholine rings is 1. The average molecular weight is 282 g/mol. The minimum absolute atomic E-state index is 0.240. The highest BCUT2D eigenvalue weighted by molar-refractivity contribution is 4.98. The highest BCUT2D eigenvalue weighted by Crippen LogP contribution is 2.40. The second kappa shape index (κ2) is 6.76. The first-order chi connectivity index (χ1) is 9.45. The largest absolute Gasteiger partial charge is 0.373 e. The number of hydrogen-bond acceptors (Lipinski definition) is 3. The van der Waals surface area contributed by atoms with E-state index in [-0.39, 0.29) is 5.54 Å². The van der Waals surface area contributed by atoms with Gasteiger partial charge in [-0.1, -0.05) is 26.7 Å². The molecule has 2 rings (SSSR count). The maximum Gasteiger partial charge on any atom is 0.0678 e. The SMILES string of the molecule is CC(C)CC1CCCC(CN)(N2C[C@@H](C)O[C@@H](C)C2)C1. The Morgan fingerprint density at radius 3 is 2.45 bits per heavy atom. The van der Waals surface area contributed by atoms with Gasteiger partial charge in [0.25, 0.3) is 0 Å². The molecule has 1 aliphatic carbocycles. The van der Waals surface area contributed by atoms with Crippen LogP contribution >= 0.6 is 0 Å². The Labute approximate surface area is 125 Å². The van der Waals surface area contributed by atoms with Crippen molar-refractivity contribution in [2.45, 2.75) is 77.5 Å². The molecule has 3 nitrogen and oxygen atoms in total. The summed E-state index contributed by atoms with van der Waals surface area (Å²) in [6.07, 6.45) is 7.35. The van der Waals surface area contributed by atoms with Gasteiger partial charge in [-0.15, -0.1) is 0 Å². The van der Waals surface area contributed by atoms with Crippen LogP contribution in [0.5, 0.6) is 0 Å². The molecule has 0 amide bonds. The van der Waals surface area contributed by atoms with E-state index in [2.05, 4.69) is 32.6 Å². The van der Waals surface area contributed by atoms with Crippen LogP contribution in [0.4, 0.5) is 0 Å². The fourth-order valence-corrected chi connectivity index (χ4v) is 4.50. The molecular formula is C17H34N2O. The molecule has 0 radical (unpaired) electrons.